The van der Waals surface area contributed by atoms with E-state index in [-0.39, 0.29) is 16.8 Å². The average Bonchev–Trinajstić information content (AvgIpc) is 3.45. The topological polar surface area (TPSA) is 75.5 Å². The smallest absolute Gasteiger partial charge is 0.266 e. The molecule has 0 aliphatic carbocycles. The lowest BCUT2D eigenvalue weighted by molar-refractivity contribution is -0.123. The molecule has 1 amide bonds. The van der Waals surface area contributed by atoms with Crippen molar-refractivity contribution in [3.05, 3.63) is 71.3 Å². The summed E-state index contributed by atoms with van der Waals surface area (Å²) < 4.78 is 30.6. The van der Waals surface area contributed by atoms with Crippen molar-refractivity contribution < 1.29 is 13.2 Å². The molecule has 2 aliphatic heterocycles. The third-order valence-corrected chi connectivity index (χ3v) is 9.68. The third kappa shape index (κ3) is 5.16. The molecule has 37 heavy (non-hydrogen) atoms. The Hall–Kier alpha value is -2.79. The van der Waals surface area contributed by atoms with E-state index in [2.05, 4.69) is 0 Å². The fourth-order valence-corrected chi connectivity index (χ4v) is 7.63. The van der Waals surface area contributed by atoms with Gasteiger partial charge in [-0.3, -0.25) is 9.69 Å². The lowest BCUT2D eigenvalue weighted by Gasteiger charge is -2.26. The van der Waals surface area contributed by atoms with E-state index in [9.17, 15) is 13.2 Å². The zero-order chi connectivity index (χ0) is 26.2. The number of carbonyl (C=O) groups is 1. The molecule has 3 aromatic rings. The summed E-state index contributed by atoms with van der Waals surface area (Å²) in [5, 5.41) is 4.82. The summed E-state index contributed by atoms with van der Waals surface area (Å²) in [6.45, 7) is 4.94. The second kappa shape index (κ2) is 10.5. The molecular formula is C27H28N4O3S3. The monoisotopic (exact) mass is 552 g/mol. The van der Waals surface area contributed by atoms with Crippen molar-refractivity contribution in [2.24, 2.45) is 0 Å². The summed E-state index contributed by atoms with van der Waals surface area (Å²) in [6, 6.07) is 16.5. The van der Waals surface area contributed by atoms with Crippen LogP contribution in [0.15, 0.2) is 70.6 Å². The predicted molar refractivity (Wildman–Crippen MR) is 152 cm³/mol. The summed E-state index contributed by atoms with van der Waals surface area (Å²) in [4.78, 5) is 15.5. The molecule has 5 rings (SSSR count). The van der Waals surface area contributed by atoms with Gasteiger partial charge in [-0.15, -0.1) is 0 Å². The highest BCUT2D eigenvalue weighted by Gasteiger charge is 2.34. The van der Waals surface area contributed by atoms with Crippen LogP contribution in [-0.4, -0.2) is 56.8 Å². The van der Waals surface area contributed by atoms with Gasteiger partial charge >= 0.3 is 0 Å². The van der Waals surface area contributed by atoms with Crippen LogP contribution in [0, 0.1) is 0 Å². The normalized spacial score (nSPS) is 18.4. The van der Waals surface area contributed by atoms with Crippen molar-refractivity contribution in [3.8, 4) is 16.9 Å². The number of para-hydroxylation sites is 1. The lowest BCUT2D eigenvalue weighted by atomic mass is 10.1. The maximum Gasteiger partial charge on any atom is 0.266 e. The van der Waals surface area contributed by atoms with Crippen molar-refractivity contribution in [3.63, 3.8) is 0 Å². The fraction of sp³-hybridized carbons (Fsp3) is 0.296. The number of amides is 1. The van der Waals surface area contributed by atoms with E-state index >= 15 is 0 Å². The molecule has 2 aromatic carbocycles. The maximum absolute atomic E-state index is 13.4. The molecule has 3 heterocycles. The Balaban J connectivity index is 1.59. The van der Waals surface area contributed by atoms with Crippen LogP contribution in [0.4, 0.5) is 0 Å². The summed E-state index contributed by atoms with van der Waals surface area (Å²) >= 11 is 6.72. The molecule has 0 spiro atoms. The van der Waals surface area contributed by atoms with Gasteiger partial charge in [-0.05, 0) is 57.0 Å². The van der Waals surface area contributed by atoms with Crippen LogP contribution in [0.5, 0.6) is 0 Å². The quantitative estimate of drug-likeness (QED) is 0.304. The van der Waals surface area contributed by atoms with E-state index in [4.69, 9.17) is 17.3 Å². The Morgan fingerprint density at radius 2 is 1.76 bits per heavy atom. The van der Waals surface area contributed by atoms with E-state index in [0.717, 1.165) is 24.9 Å². The van der Waals surface area contributed by atoms with Crippen molar-refractivity contribution in [1.82, 2.24) is 19.0 Å². The Kier molecular flexibility index (Phi) is 7.35. The standard InChI is InChI=1S/C27H28N4O3S3/c1-19(2)31-26(32)24(36-27(31)35)17-21-18-30(22-11-5-3-6-12-22)28-25(21)20-10-9-13-23(16-20)37(33,34)29-14-7-4-8-15-29/h3,5-6,9-13,16-19H,4,7-8,14-15H2,1-2H3. The minimum Gasteiger partial charge on any atom is -0.290 e. The molecule has 0 unspecified atom stereocenters. The first kappa shape index (κ1) is 25.8. The van der Waals surface area contributed by atoms with Gasteiger partial charge in [0.15, 0.2) is 0 Å². The molecular weight excluding hydrogens is 525 g/mol. The molecule has 192 valence electrons. The summed E-state index contributed by atoms with van der Waals surface area (Å²) in [6.07, 6.45) is 6.46. The van der Waals surface area contributed by atoms with Crippen LogP contribution < -0.4 is 0 Å². The van der Waals surface area contributed by atoms with E-state index in [0.29, 0.717) is 39.1 Å². The number of thiocarbonyl (C=S) groups is 1. The van der Waals surface area contributed by atoms with Crippen LogP contribution in [0.3, 0.4) is 0 Å². The summed E-state index contributed by atoms with van der Waals surface area (Å²) in [5.74, 6) is -0.134. The number of rotatable bonds is 6. The number of hydrogen-bond donors (Lipinski definition) is 0. The number of nitrogens with zero attached hydrogens (tertiary/aromatic N) is 4. The molecule has 10 heteroatoms. The minimum absolute atomic E-state index is 0.0402. The van der Waals surface area contributed by atoms with Gasteiger partial charge in [0.25, 0.3) is 5.91 Å². The van der Waals surface area contributed by atoms with E-state index in [1.807, 2.05) is 56.4 Å². The Labute approximate surface area is 227 Å². The SMILES string of the molecule is CC(C)N1C(=O)C(=Cc2cn(-c3ccccc3)nc2-c2cccc(S(=O)(=O)N3CCCCC3)c2)SC1=S. The number of sulfonamides is 1. The van der Waals surface area contributed by atoms with Gasteiger partial charge in [0.2, 0.25) is 10.0 Å². The summed E-state index contributed by atoms with van der Waals surface area (Å²) in [5.41, 5.74) is 2.82. The van der Waals surface area contributed by atoms with Crippen molar-refractivity contribution in [2.75, 3.05) is 13.1 Å². The molecule has 2 fully saturated rings. The van der Waals surface area contributed by atoms with Crippen LogP contribution >= 0.6 is 24.0 Å². The first-order chi connectivity index (χ1) is 17.8. The lowest BCUT2D eigenvalue weighted by Crippen LogP contribution is -2.35. The minimum atomic E-state index is -3.60. The molecule has 0 saturated carbocycles. The fourth-order valence-electron chi connectivity index (χ4n) is 4.55. The third-order valence-electron chi connectivity index (χ3n) is 6.45. The molecule has 2 aliphatic rings. The zero-order valence-electron chi connectivity index (χ0n) is 20.7. The molecule has 1 aromatic heterocycles. The number of aromatic nitrogens is 2. The van der Waals surface area contributed by atoms with Crippen molar-refractivity contribution in [1.29, 1.82) is 0 Å². The zero-order valence-corrected chi connectivity index (χ0v) is 23.2. The summed E-state index contributed by atoms with van der Waals surface area (Å²) in [7, 11) is -3.60. The van der Waals surface area contributed by atoms with Gasteiger partial charge in [0, 0.05) is 36.5 Å². The average molecular weight is 553 g/mol. The van der Waals surface area contributed by atoms with Crippen LogP contribution in [0.1, 0.15) is 38.7 Å². The second-order valence-corrected chi connectivity index (χ2v) is 13.0. The second-order valence-electron chi connectivity index (χ2n) is 9.35. The first-order valence-electron chi connectivity index (χ1n) is 12.3. The van der Waals surface area contributed by atoms with Gasteiger partial charge in [0.1, 0.15) is 10.0 Å². The van der Waals surface area contributed by atoms with Gasteiger partial charge in [0.05, 0.1) is 15.5 Å². The first-order valence-corrected chi connectivity index (χ1v) is 14.9. The highest BCUT2D eigenvalue weighted by Crippen LogP contribution is 2.36. The molecule has 2 saturated heterocycles. The maximum atomic E-state index is 13.4. The van der Waals surface area contributed by atoms with Crippen molar-refractivity contribution in [2.45, 2.75) is 44.0 Å². The number of benzene rings is 2. The van der Waals surface area contributed by atoms with Gasteiger partial charge in [-0.25, -0.2) is 13.1 Å². The van der Waals surface area contributed by atoms with Gasteiger partial charge in [-0.1, -0.05) is 60.7 Å². The van der Waals surface area contributed by atoms with Gasteiger partial charge in [-0.2, -0.15) is 9.40 Å². The molecule has 7 nitrogen and oxygen atoms in total. The predicted octanol–water partition coefficient (Wildman–Crippen LogP) is 5.32. The number of piperidine rings is 1. The molecule has 0 radical (unpaired) electrons. The van der Waals surface area contributed by atoms with Crippen LogP contribution in [0.25, 0.3) is 23.0 Å². The molecule has 0 atom stereocenters. The van der Waals surface area contributed by atoms with Crippen LogP contribution in [0.2, 0.25) is 0 Å². The van der Waals surface area contributed by atoms with Gasteiger partial charge < -0.3 is 0 Å². The van der Waals surface area contributed by atoms with E-state index in [1.165, 1.54) is 11.8 Å². The molecule has 0 bridgehead atoms. The van der Waals surface area contributed by atoms with Crippen molar-refractivity contribution >= 4 is 50.3 Å². The molecule has 0 N–H and O–H groups in total. The van der Waals surface area contributed by atoms with E-state index < -0.39 is 10.0 Å². The largest absolute Gasteiger partial charge is 0.290 e. The highest BCUT2D eigenvalue weighted by molar-refractivity contribution is 8.26. The van der Waals surface area contributed by atoms with Crippen LogP contribution in [-0.2, 0) is 14.8 Å². The highest BCUT2D eigenvalue weighted by atomic mass is 32.2. The number of carbonyl (C=O) groups excluding carboxylic acids is 1. The van der Waals surface area contributed by atoms with E-state index in [1.54, 1.807) is 38.2 Å². The number of thioether (sulfide) groups is 1. The number of hydrogen-bond acceptors (Lipinski definition) is 6. The Bertz CT molecular complexity index is 1470. The Morgan fingerprint density at radius 1 is 1.03 bits per heavy atom. The Morgan fingerprint density at radius 3 is 2.43 bits per heavy atom.